The van der Waals surface area contributed by atoms with Gasteiger partial charge >= 0.3 is 0 Å². The molecule has 2 aromatic carbocycles. The minimum atomic E-state index is -0.0155. The molecule has 1 aromatic heterocycles. The van der Waals surface area contributed by atoms with Crippen LogP contribution in [0, 0.1) is 27.7 Å². The number of aryl methyl sites for hydroxylation is 3. The molecule has 28 heavy (non-hydrogen) atoms. The van der Waals surface area contributed by atoms with Gasteiger partial charge in [0.15, 0.2) is 0 Å². The Bertz CT molecular complexity index is 956. The number of hydrogen-bond donors (Lipinski definition) is 1. The molecule has 0 aliphatic carbocycles. The summed E-state index contributed by atoms with van der Waals surface area (Å²) in [5.74, 6) is -0.0155. The molecule has 0 atom stereocenters. The number of aromatic nitrogens is 2. The second kappa shape index (κ2) is 8.40. The van der Waals surface area contributed by atoms with Gasteiger partial charge in [-0.15, -0.1) is 0 Å². The predicted molar refractivity (Wildman–Crippen MR) is 114 cm³/mol. The van der Waals surface area contributed by atoms with Crippen molar-refractivity contribution in [2.24, 2.45) is 0 Å². The highest BCUT2D eigenvalue weighted by molar-refractivity contribution is 5.92. The molecule has 0 unspecified atom stereocenters. The van der Waals surface area contributed by atoms with Crippen molar-refractivity contribution >= 4 is 11.6 Å². The predicted octanol–water partition coefficient (Wildman–Crippen LogP) is 4.18. The molecule has 3 rings (SSSR count). The first kappa shape index (κ1) is 19.8. The highest BCUT2D eigenvalue weighted by Crippen LogP contribution is 2.19. The first-order chi connectivity index (χ1) is 13.3. The average Bonchev–Trinajstić information content (AvgIpc) is 2.89. The van der Waals surface area contributed by atoms with Crippen LogP contribution in [0.15, 0.2) is 48.5 Å². The van der Waals surface area contributed by atoms with E-state index in [2.05, 4.69) is 23.4 Å². The van der Waals surface area contributed by atoms with E-state index in [1.807, 2.05) is 79.9 Å². The van der Waals surface area contributed by atoms with Crippen LogP contribution in [-0.2, 0) is 11.3 Å². The number of anilines is 1. The zero-order chi connectivity index (χ0) is 20.3. The molecule has 1 N–H and O–H groups in total. The molecule has 0 fully saturated rings. The Morgan fingerprint density at radius 2 is 1.68 bits per heavy atom. The van der Waals surface area contributed by atoms with Crippen molar-refractivity contribution in [3.05, 3.63) is 76.6 Å². The van der Waals surface area contributed by atoms with Crippen LogP contribution in [0.4, 0.5) is 5.69 Å². The van der Waals surface area contributed by atoms with Crippen LogP contribution in [0.1, 0.15) is 28.1 Å². The summed E-state index contributed by atoms with van der Waals surface area (Å²) in [6, 6.07) is 16.2. The third-order valence-electron chi connectivity index (χ3n) is 4.79. The Hall–Kier alpha value is -2.92. The van der Waals surface area contributed by atoms with E-state index in [4.69, 9.17) is 0 Å². The van der Waals surface area contributed by atoms with Crippen LogP contribution >= 0.6 is 0 Å². The van der Waals surface area contributed by atoms with E-state index in [1.54, 1.807) is 0 Å². The number of para-hydroxylation sites is 1. The number of likely N-dealkylation sites (N-methyl/N-ethyl adjacent to an activating group) is 1. The summed E-state index contributed by atoms with van der Waals surface area (Å²) >= 11 is 0. The van der Waals surface area contributed by atoms with Gasteiger partial charge in [-0.2, -0.15) is 5.10 Å². The molecular formula is C23H28N4O. The number of hydrogen-bond acceptors (Lipinski definition) is 3. The molecular weight excluding hydrogens is 348 g/mol. The Labute approximate surface area is 167 Å². The van der Waals surface area contributed by atoms with Crippen LogP contribution in [0.5, 0.6) is 0 Å². The topological polar surface area (TPSA) is 50.2 Å². The van der Waals surface area contributed by atoms with Crippen LogP contribution in [0.25, 0.3) is 5.69 Å². The molecule has 146 valence electrons. The fourth-order valence-corrected chi connectivity index (χ4v) is 3.54. The Balaban J connectivity index is 1.67. The normalized spacial score (nSPS) is 11.1. The molecule has 0 spiro atoms. The van der Waals surface area contributed by atoms with Gasteiger partial charge in [0.1, 0.15) is 0 Å². The van der Waals surface area contributed by atoms with E-state index in [9.17, 15) is 4.79 Å². The van der Waals surface area contributed by atoms with Crippen molar-refractivity contribution in [1.29, 1.82) is 0 Å². The lowest BCUT2D eigenvalue weighted by Gasteiger charge is -2.17. The van der Waals surface area contributed by atoms with Gasteiger partial charge in [0.2, 0.25) is 5.91 Å². The molecule has 0 radical (unpaired) electrons. The molecule has 0 aliphatic heterocycles. The van der Waals surface area contributed by atoms with Gasteiger partial charge in [0.25, 0.3) is 0 Å². The lowest BCUT2D eigenvalue weighted by molar-refractivity contribution is -0.117. The maximum absolute atomic E-state index is 12.5. The number of nitrogens with zero attached hydrogens (tertiary/aromatic N) is 3. The lowest BCUT2D eigenvalue weighted by Crippen LogP contribution is -2.30. The molecule has 0 aliphatic rings. The van der Waals surface area contributed by atoms with E-state index < -0.39 is 0 Å². The number of amides is 1. The fraction of sp³-hybridized carbons (Fsp3) is 0.304. The number of carbonyl (C=O) groups is 1. The summed E-state index contributed by atoms with van der Waals surface area (Å²) < 4.78 is 1.97. The van der Waals surface area contributed by atoms with Gasteiger partial charge in [-0.3, -0.25) is 9.69 Å². The number of carbonyl (C=O) groups excluding carboxylic acids is 1. The van der Waals surface area contributed by atoms with Crippen LogP contribution < -0.4 is 5.32 Å². The zero-order valence-corrected chi connectivity index (χ0v) is 17.3. The SMILES string of the molecule is Cc1cc(C)cc(NC(=O)CN(C)Cc2c(C)nn(-c3ccccc3)c2C)c1. The summed E-state index contributed by atoms with van der Waals surface area (Å²) in [4.78, 5) is 14.5. The summed E-state index contributed by atoms with van der Waals surface area (Å²) in [5, 5.41) is 7.69. The quantitative estimate of drug-likeness (QED) is 0.702. The van der Waals surface area contributed by atoms with Crippen molar-refractivity contribution in [1.82, 2.24) is 14.7 Å². The molecule has 0 bridgehead atoms. The molecule has 0 saturated heterocycles. The van der Waals surface area contributed by atoms with E-state index in [0.29, 0.717) is 13.1 Å². The molecule has 3 aromatic rings. The Morgan fingerprint density at radius 3 is 2.32 bits per heavy atom. The van der Waals surface area contributed by atoms with Crippen molar-refractivity contribution in [2.75, 3.05) is 18.9 Å². The molecule has 5 heteroatoms. The average molecular weight is 377 g/mol. The zero-order valence-electron chi connectivity index (χ0n) is 17.3. The highest BCUT2D eigenvalue weighted by Gasteiger charge is 2.16. The van der Waals surface area contributed by atoms with Gasteiger partial charge in [-0.25, -0.2) is 4.68 Å². The third kappa shape index (κ3) is 4.67. The molecule has 1 amide bonds. The van der Waals surface area contributed by atoms with Crippen molar-refractivity contribution in [3.63, 3.8) is 0 Å². The summed E-state index contributed by atoms with van der Waals surface area (Å²) in [6.07, 6.45) is 0. The maximum atomic E-state index is 12.5. The van der Waals surface area contributed by atoms with Gasteiger partial charge in [0, 0.05) is 23.5 Å². The van der Waals surface area contributed by atoms with Gasteiger partial charge in [-0.1, -0.05) is 24.3 Å². The van der Waals surface area contributed by atoms with Crippen LogP contribution in [0.2, 0.25) is 0 Å². The number of rotatable bonds is 6. The summed E-state index contributed by atoms with van der Waals surface area (Å²) in [5.41, 5.74) is 7.43. The summed E-state index contributed by atoms with van der Waals surface area (Å²) in [6.45, 7) is 9.15. The van der Waals surface area contributed by atoms with Crippen molar-refractivity contribution in [2.45, 2.75) is 34.2 Å². The molecule has 0 saturated carbocycles. The van der Waals surface area contributed by atoms with Crippen molar-refractivity contribution in [3.8, 4) is 5.69 Å². The first-order valence-electron chi connectivity index (χ1n) is 9.50. The lowest BCUT2D eigenvalue weighted by atomic mass is 10.1. The highest BCUT2D eigenvalue weighted by atomic mass is 16.2. The minimum absolute atomic E-state index is 0.0155. The maximum Gasteiger partial charge on any atom is 0.238 e. The second-order valence-corrected chi connectivity index (χ2v) is 7.49. The van der Waals surface area contributed by atoms with E-state index >= 15 is 0 Å². The van der Waals surface area contributed by atoms with Crippen LogP contribution in [-0.4, -0.2) is 34.2 Å². The van der Waals surface area contributed by atoms with E-state index in [-0.39, 0.29) is 5.91 Å². The molecule has 5 nitrogen and oxygen atoms in total. The van der Waals surface area contributed by atoms with E-state index in [1.165, 1.54) is 0 Å². The van der Waals surface area contributed by atoms with Gasteiger partial charge in [0.05, 0.1) is 17.9 Å². The number of benzene rings is 2. The largest absolute Gasteiger partial charge is 0.325 e. The van der Waals surface area contributed by atoms with Crippen LogP contribution in [0.3, 0.4) is 0 Å². The van der Waals surface area contributed by atoms with E-state index in [0.717, 1.165) is 39.5 Å². The Morgan fingerprint density at radius 1 is 1.04 bits per heavy atom. The third-order valence-corrected chi connectivity index (χ3v) is 4.79. The Kier molecular flexibility index (Phi) is 5.95. The number of nitrogens with one attached hydrogen (secondary N) is 1. The second-order valence-electron chi connectivity index (χ2n) is 7.49. The van der Waals surface area contributed by atoms with Crippen molar-refractivity contribution < 1.29 is 4.79 Å². The molecule has 1 heterocycles. The fourth-order valence-electron chi connectivity index (χ4n) is 3.54. The minimum Gasteiger partial charge on any atom is -0.325 e. The van der Waals surface area contributed by atoms with Gasteiger partial charge < -0.3 is 5.32 Å². The monoisotopic (exact) mass is 376 g/mol. The smallest absolute Gasteiger partial charge is 0.238 e. The first-order valence-corrected chi connectivity index (χ1v) is 9.50. The summed E-state index contributed by atoms with van der Waals surface area (Å²) in [7, 11) is 1.96. The standard InChI is InChI=1S/C23H28N4O/c1-16-11-17(2)13-20(12-16)24-23(28)15-26(5)14-22-18(3)25-27(19(22)4)21-9-7-6-8-10-21/h6-13H,14-15H2,1-5H3,(H,24,28). The van der Waals surface area contributed by atoms with Gasteiger partial charge in [-0.05, 0) is 70.1 Å².